The number of aromatic nitrogens is 3. The van der Waals surface area contributed by atoms with E-state index < -0.39 is 4.92 Å². The zero-order valence-electron chi connectivity index (χ0n) is 13.0. The first kappa shape index (κ1) is 15.5. The van der Waals surface area contributed by atoms with E-state index in [1.54, 1.807) is 31.5 Å². The summed E-state index contributed by atoms with van der Waals surface area (Å²) in [5.41, 5.74) is 2.15. The molecule has 8 nitrogen and oxygen atoms in total. The molecule has 3 aromatic rings. The highest BCUT2D eigenvalue weighted by Gasteiger charge is 2.21. The third-order valence-corrected chi connectivity index (χ3v) is 3.60. The van der Waals surface area contributed by atoms with Gasteiger partial charge in [-0.2, -0.15) is 4.73 Å². The van der Waals surface area contributed by atoms with Gasteiger partial charge in [0.2, 0.25) is 0 Å². The fourth-order valence-electron chi connectivity index (χ4n) is 2.50. The fourth-order valence-corrected chi connectivity index (χ4v) is 2.50. The van der Waals surface area contributed by atoms with Gasteiger partial charge in [-0.05, 0) is 25.1 Å². The molecule has 0 aliphatic rings. The molecule has 0 amide bonds. The zero-order chi connectivity index (χ0) is 17.3. The van der Waals surface area contributed by atoms with Crippen LogP contribution in [-0.4, -0.2) is 31.9 Å². The van der Waals surface area contributed by atoms with Crippen LogP contribution < -0.4 is 4.74 Å². The molecule has 8 heteroatoms. The van der Waals surface area contributed by atoms with E-state index in [-0.39, 0.29) is 17.3 Å². The second kappa shape index (κ2) is 5.99. The molecule has 3 rings (SSSR count). The van der Waals surface area contributed by atoms with Crippen LogP contribution in [0.2, 0.25) is 0 Å². The van der Waals surface area contributed by atoms with Gasteiger partial charge >= 0.3 is 0 Å². The third-order valence-electron chi connectivity index (χ3n) is 3.60. The Hall–Kier alpha value is -3.42. The number of non-ortho nitro benzene ring substituents is 1. The van der Waals surface area contributed by atoms with Crippen LogP contribution in [0.5, 0.6) is 5.75 Å². The number of hydrogen-bond donors (Lipinski definition) is 1. The van der Waals surface area contributed by atoms with Crippen molar-refractivity contribution in [3.8, 4) is 28.4 Å². The predicted octanol–water partition coefficient (Wildman–Crippen LogP) is 3.07. The van der Waals surface area contributed by atoms with Gasteiger partial charge in [0.15, 0.2) is 5.82 Å². The Morgan fingerprint density at radius 3 is 2.75 bits per heavy atom. The molecule has 24 heavy (non-hydrogen) atoms. The molecule has 0 spiro atoms. The van der Waals surface area contributed by atoms with Crippen LogP contribution in [0.3, 0.4) is 0 Å². The Balaban J connectivity index is 2.17. The topological polar surface area (TPSA) is 103 Å². The monoisotopic (exact) mass is 326 g/mol. The number of nitro groups is 1. The summed E-state index contributed by atoms with van der Waals surface area (Å²) in [4.78, 5) is 18.8. The summed E-state index contributed by atoms with van der Waals surface area (Å²) in [7, 11) is 1.40. The number of benzene rings is 1. The smallest absolute Gasteiger partial charge is 0.273 e. The summed E-state index contributed by atoms with van der Waals surface area (Å²) >= 11 is 0. The van der Waals surface area contributed by atoms with Crippen molar-refractivity contribution in [2.75, 3.05) is 7.11 Å². The maximum atomic E-state index is 10.9. The molecule has 0 unspecified atom stereocenters. The number of nitrogens with zero attached hydrogens (tertiary/aromatic N) is 4. The van der Waals surface area contributed by atoms with Gasteiger partial charge in [0.05, 0.1) is 29.4 Å². The molecule has 0 fully saturated rings. The fraction of sp³-hybridized carbons (Fsp3) is 0.125. The lowest BCUT2D eigenvalue weighted by atomic mass is 10.1. The second-order valence-electron chi connectivity index (χ2n) is 5.06. The highest BCUT2D eigenvalue weighted by Crippen LogP contribution is 2.35. The molecule has 0 atom stereocenters. The lowest BCUT2D eigenvalue weighted by molar-refractivity contribution is -0.384. The Morgan fingerprint density at radius 1 is 1.33 bits per heavy atom. The summed E-state index contributed by atoms with van der Waals surface area (Å²) in [5, 5.41) is 21.5. The minimum atomic E-state index is -0.510. The van der Waals surface area contributed by atoms with Gasteiger partial charge in [-0.25, -0.2) is 4.98 Å². The molecular weight excluding hydrogens is 312 g/mol. The normalized spacial score (nSPS) is 10.6. The number of pyridine rings is 1. The average molecular weight is 326 g/mol. The van der Waals surface area contributed by atoms with E-state index in [0.717, 1.165) is 4.73 Å². The summed E-state index contributed by atoms with van der Waals surface area (Å²) in [6.45, 7) is 1.76. The van der Waals surface area contributed by atoms with Crippen molar-refractivity contribution in [3.05, 3.63) is 58.5 Å². The van der Waals surface area contributed by atoms with Gasteiger partial charge < -0.3 is 9.94 Å². The van der Waals surface area contributed by atoms with Gasteiger partial charge in [-0.1, -0.05) is 0 Å². The summed E-state index contributed by atoms with van der Waals surface area (Å²) in [5.74, 6) is 0.486. The van der Waals surface area contributed by atoms with Crippen LogP contribution in [0, 0.1) is 17.0 Å². The third kappa shape index (κ3) is 2.54. The quantitative estimate of drug-likeness (QED) is 0.449. The Labute approximate surface area is 137 Å². The van der Waals surface area contributed by atoms with Crippen molar-refractivity contribution in [1.29, 1.82) is 0 Å². The second-order valence-corrected chi connectivity index (χ2v) is 5.06. The lowest BCUT2D eigenvalue weighted by Gasteiger charge is -2.08. The van der Waals surface area contributed by atoms with Gasteiger partial charge in [-0.15, -0.1) is 0 Å². The average Bonchev–Trinajstić information content (AvgIpc) is 2.89. The van der Waals surface area contributed by atoms with Crippen LogP contribution in [0.1, 0.15) is 5.69 Å². The first-order valence-electron chi connectivity index (χ1n) is 7.04. The van der Waals surface area contributed by atoms with E-state index in [2.05, 4.69) is 9.97 Å². The molecule has 2 heterocycles. The molecule has 0 aliphatic carbocycles. The molecule has 122 valence electrons. The van der Waals surface area contributed by atoms with Crippen LogP contribution in [0.25, 0.3) is 22.6 Å². The van der Waals surface area contributed by atoms with Crippen LogP contribution in [0.4, 0.5) is 5.69 Å². The van der Waals surface area contributed by atoms with E-state index in [0.29, 0.717) is 22.5 Å². The van der Waals surface area contributed by atoms with Gasteiger partial charge in [0.25, 0.3) is 5.69 Å². The van der Waals surface area contributed by atoms with Crippen molar-refractivity contribution in [2.45, 2.75) is 6.92 Å². The highest BCUT2D eigenvalue weighted by atomic mass is 16.6. The maximum Gasteiger partial charge on any atom is 0.273 e. The van der Waals surface area contributed by atoms with E-state index in [9.17, 15) is 15.3 Å². The van der Waals surface area contributed by atoms with E-state index in [4.69, 9.17) is 4.74 Å². The molecule has 0 radical (unpaired) electrons. The van der Waals surface area contributed by atoms with Gasteiger partial charge in [0, 0.05) is 24.0 Å². The first-order valence-corrected chi connectivity index (χ1v) is 7.04. The van der Waals surface area contributed by atoms with E-state index in [1.807, 2.05) is 0 Å². The molecule has 2 aromatic heterocycles. The molecular formula is C16H14N4O4. The molecule has 1 N–H and O–H groups in total. The standard InChI is InChI=1S/C16H14N4O4/c1-10-15(11-4-3-7-17-9-11)19(21)16(18-10)13-6-5-12(20(22)23)8-14(13)24-2/h3-9,21H,1-2H3. The number of imidazole rings is 1. The number of hydrogen-bond acceptors (Lipinski definition) is 6. The summed E-state index contributed by atoms with van der Waals surface area (Å²) < 4.78 is 6.16. The Kier molecular flexibility index (Phi) is 3.87. The van der Waals surface area contributed by atoms with Crippen molar-refractivity contribution in [1.82, 2.24) is 14.7 Å². The van der Waals surface area contributed by atoms with Crippen molar-refractivity contribution < 1.29 is 14.9 Å². The molecule has 0 saturated heterocycles. The Morgan fingerprint density at radius 2 is 2.12 bits per heavy atom. The van der Waals surface area contributed by atoms with Gasteiger partial charge in [-0.3, -0.25) is 15.1 Å². The largest absolute Gasteiger partial charge is 0.496 e. The molecule has 1 aromatic carbocycles. The number of aryl methyl sites for hydroxylation is 1. The van der Waals surface area contributed by atoms with Crippen LogP contribution in [-0.2, 0) is 0 Å². The number of nitro benzene ring substituents is 1. The lowest BCUT2D eigenvalue weighted by Crippen LogP contribution is -2.00. The van der Waals surface area contributed by atoms with Crippen molar-refractivity contribution in [2.24, 2.45) is 0 Å². The molecule has 0 bridgehead atoms. The number of rotatable bonds is 4. The molecule has 0 aliphatic heterocycles. The SMILES string of the molecule is COc1cc([N+](=O)[O-])ccc1-c1nc(C)c(-c2cccnc2)n1O. The minimum absolute atomic E-state index is 0.101. The minimum Gasteiger partial charge on any atom is -0.496 e. The van der Waals surface area contributed by atoms with E-state index >= 15 is 0 Å². The van der Waals surface area contributed by atoms with Crippen molar-refractivity contribution in [3.63, 3.8) is 0 Å². The summed E-state index contributed by atoms with van der Waals surface area (Å²) in [6.07, 6.45) is 3.25. The number of ether oxygens (including phenoxy) is 1. The van der Waals surface area contributed by atoms with Crippen LogP contribution >= 0.6 is 0 Å². The van der Waals surface area contributed by atoms with Gasteiger partial charge in [0.1, 0.15) is 11.4 Å². The van der Waals surface area contributed by atoms with Crippen molar-refractivity contribution >= 4 is 5.69 Å². The zero-order valence-corrected chi connectivity index (χ0v) is 13.0. The highest BCUT2D eigenvalue weighted by molar-refractivity contribution is 5.72. The summed E-state index contributed by atoms with van der Waals surface area (Å²) in [6, 6.07) is 7.70. The maximum absolute atomic E-state index is 10.9. The van der Waals surface area contributed by atoms with Crippen LogP contribution in [0.15, 0.2) is 42.7 Å². The Bertz CT molecular complexity index is 906. The number of methoxy groups -OCH3 is 1. The van der Waals surface area contributed by atoms with E-state index in [1.165, 1.54) is 25.3 Å². The predicted molar refractivity (Wildman–Crippen MR) is 86.0 cm³/mol. The molecule has 0 saturated carbocycles. The first-order chi connectivity index (χ1) is 11.5.